The van der Waals surface area contributed by atoms with E-state index >= 15 is 0 Å². The van der Waals surface area contributed by atoms with Gasteiger partial charge in [0, 0.05) is 12.4 Å². The lowest BCUT2D eigenvalue weighted by Gasteiger charge is -2.22. The number of nitrogens with zero attached hydrogens (tertiary/aromatic N) is 1. The highest BCUT2D eigenvalue weighted by Gasteiger charge is 2.20. The molecule has 1 aromatic heterocycles. The standard InChI is InChI=1S/C9H10N2O/c1-6-8-5-10-3-2-7(8)4-9(12)11-6/h2-3,5-6H,4H2,1H3,(H,11,12). The molecule has 1 amide bonds. The second-order valence-electron chi connectivity index (χ2n) is 3.04. The molecule has 2 heterocycles. The van der Waals surface area contributed by atoms with E-state index in [1.165, 1.54) is 0 Å². The van der Waals surface area contributed by atoms with Crippen LogP contribution in [-0.4, -0.2) is 10.9 Å². The Labute approximate surface area is 70.8 Å². The van der Waals surface area contributed by atoms with Crippen LogP contribution in [-0.2, 0) is 11.2 Å². The van der Waals surface area contributed by atoms with E-state index in [4.69, 9.17) is 0 Å². The van der Waals surface area contributed by atoms with E-state index in [-0.39, 0.29) is 11.9 Å². The van der Waals surface area contributed by atoms with Crippen molar-refractivity contribution in [2.45, 2.75) is 19.4 Å². The summed E-state index contributed by atoms with van der Waals surface area (Å²) >= 11 is 0. The van der Waals surface area contributed by atoms with E-state index in [1.807, 2.05) is 19.2 Å². The fourth-order valence-electron chi connectivity index (χ4n) is 1.53. The first-order chi connectivity index (χ1) is 5.77. The summed E-state index contributed by atoms with van der Waals surface area (Å²) in [6.07, 6.45) is 4.03. The van der Waals surface area contributed by atoms with Crippen LogP contribution in [0.4, 0.5) is 0 Å². The molecule has 0 fully saturated rings. The first kappa shape index (κ1) is 7.28. The van der Waals surface area contributed by atoms with Gasteiger partial charge in [-0.05, 0) is 24.1 Å². The fourth-order valence-corrected chi connectivity index (χ4v) is 1.53. The number of nitrogens with one attached hydrogen (secondary N) is 1. The largest absolute Gasteiger partial charge is 0.349 e. The number of carbonyl (C=O) groups is 1. The van der Waals surface area contributed by atoms with E-state index in [0.717, 1.165) is 11.1 Å². The topological polar surface area (TPSA) is 42.0 Å². The minimum absolute atomic E-state index is 0.0983. The van der Waals surface area contributed by atoms with Crippen molar-refractivity contribution >= 4 is 5.91 Å². The lowest BCUT2D eigenvalue weighted by atomic mass is 9.97. The Bertz CT molecular complexity index is 322. The maximum absolute atomic E-state index is 11.1. The summed E-state index contributed by atoms with van der Waals surface area (Å²) in [7, 11) is 0. The van der Waals surface area contributed by atoms with Crippen LogP contribution in [0.1, 0.15) is 24.1 Å². The maximum atomic E-state index is 11.1. The van der Waals surface area contributed by atoms with Gasteiger partial charge in [-0.1, -0.05) is 0 Å². The summed E-state index contributed by atoms with van der Waals surface area (Å²) in [5, 5.41) is 2.86. The van der Waals surface area contributed by atoms with Gasteiger partial charge in [0.2, 0.25) is 5.91 Å². The molecule has 1 aliphatic heterocycles. The minimum Gasteiger partial charge on any atom is -0.349 e. The molecule has 2 rings (SSSR count). The van der Waals surface area contributed by atoms with Crippen LogP contribution in [0, 0.1) is 0 Å². The molecule has 0 radical (unpaired) electrons. The molecule has 62 valence electrons. The summed E-state index contributed by atoms with van der Waals surface area (Å²) in [5.74, 6) is 0.0983. The van der Waals surface area contributed by atoms with Gasteiger partial charge in [0.25, 0.3) is 0 Å². The van der Waals surface area contributed by atoms with Gasteiger partial charge < -0.3 is 5.32 Å². The highest BCUT2D eigenvalue weighted by molar-refractivity contribution is 5.81. The predicted molar refractivity (Wildman–Crippen MR) is 44.5 cm³/mol. The molecule has 3 heteroatoms. The van der Waals surface area contributed by atoms with E-state index in [2.05, 4.69) is 10.3 Å². The molecule has 1 N–H and O–H groups in total. The maximum Gasteiger partial charge on any atom is 0.224 e. The summed E-state index contributed by atoms with van der Waals surface area (Å²) < 4.78 is 0. The molecule has 1 aromatic rings. The lowest BCUT2D eigenvalue weighted by Crippen LogP contribution is -2.33. The molecular formula is C9H10N2O. The van der Waals surface area contributed by atoms with Crippen LogP contribution < -0.4 is 5.32 Å². The Kier molecular flexibility index (Phi) is 1.57. The van der Waals surface area contributed by atoms with E-state index in [0.29, 0.717) is 6.42 Å². The van der Waals surface area contributed by atoms with Crippen molar-refractivity contribution in [2.75, 3.05) is 0 Å². The van der Waals surface area contributed by atoms with Crippen LogP contribution in [0.2, 0.25) is 0 Å². The molecule has 0 saturated carbocycles. The Morgan fingerprint density at radius 1 is 1.67 bits per heavy atom. The molecule has 1 unspecified atom stereocenters. The molecule has 0 saturated heterocycles. The average molecular weight is 162 g/mol. The van der Waals surface area contributed by atoms with Gasteiger partial charge in [0.15, 0.2) is 0 Å². The third-order valence-electron chi connectivity index (χ3n) is 2.14. The number of fused-ring (bicyclic) bond motifs is 1. The average Bonchev–Trinajstić information content (AvgIpc) is 2.04. The van der Waals surface area contributed by atoms with Gasteiger partial charge in [0.1, 0.15) is 0 Å². The number of rotatable bonds is 0. The van der Waals surface area contributed by atoms with Gasteiger partial charge in [-0.2, -0.15) is 0 Å². The number of hydrogen-bond donors (Lipinski definition) is 1. The van der Waals surface area contributed by atoms with Crippen LogP contribution in [0.15, 0.2) is 18.5 Å². The fraction of sp³-hybridized carbons (Fsp3) is 0.333. The first-order valence-corrected chi connectivity index (χ1v) is 3.99. The van der Waals surface area contributed by atoms with E-state index < -0.39 is 0 Å². The molecule has 0 aromatic carbocycles. The first-order valence-electron chi connectivity index (χ1n) is 3.99. The molecule has 3 nitrogen and oxygen atoms in total. The van der Waals surface area contributed by atoms with E-state index in [9.17, 15) is 4.79 Å². The number of pyridine rings is 1. The Morgan fingerprint density at radius 2 is 2.50 bits per heavy atom. The summed E-state index contributed by atoms with van der Waals surface area (Å²) in [6.45, 7) is 1.97. The van der Waals surface area contributed by atoms with Crippen LogP contribution in [0.5, 0.6) is 0 Å². The van der Waals surface area contributed by atoms with Crippen molar-refractivity contribution in [3.8, 4) is 0 Å². The number of aromatic nitrogens is 1. The second kappa shape index (κ2) is 2.59. The summed E-state index contributed by atoms with van der Waals surface area (Å²) in [5.41, 5.74) is 2.23. The van der Waals surface area contributed by atoms with Crippen molar-refractivity contribution in [3.05, 3.63) is 29.6 Å². The smallest absolute Gasteiger partial charge is 0.224 e. The van der Waals surface area contributed by atoms with Crippen molar-refractivity contribution < 1.29 is 4.79 Å². The quantitative estimate of drug-likeness (QED) is 0.613. The molecule has 1 atom stereocenters. The Hall–Kier alpha value is -1.38. The van der Waals surface area contributed by atoms with Crippen molar-refractivity contribution in [1.29, 1.82) is 0 Å². The van der Waals surface area contributed by atoms with Gasteiger partial charge in [-0.25, -0.2) is 0 Å². The molecular weight excluding hydrogens is 152 g/mol. The second-order valence-corrected chi connectivity index (χ2v) is 3.04. The van der Waals surface area contributed by atoms with Crippen LogP contribution in [0.3, 0.4) is 0 Å². The Balaban J connectivity index is 2.47. The highest BCUT2D eigenvalue weighted by Crippen LogP contribution is 2.20. The van der Waals surface area contributed by atoms with Gasteiger partial charge >= 0.3 is 0 Å². The van der Waals surface area contributed by atoms with Crippen molar-refractivity contribution in [2.24, 2.45) is 0 Å². The predicted octanol–water partition coefficient (Wildman–Crippen LogP) is 0.815. The molecule has 0 spiro atoms. The normalized spacial score (nSPS) is 21.4. The zero-order valence-electron chi connectivity index (χ0n) is 6.87. The Morgan fingerprint density at radius 3 is 3.33 bits per heavy atom. The number of carbonyl (C=O) groups excluding carboxylic acids is 1. The van der Waals surface area contributed by atoms with E-state index in [1.54, 1.807) is 6.20 Å². The third kappa shape index (κ3) is 1.07. The molecule has 0 aliphatic carbocycles. The minimum atomic E-state index is 0.0983. The van der Waals surface area contributed by atoms with Crippen LogP contribution >= 0.6 is 0 Å². The third-order valence-corrected chi connectivity index (χ3v) is 2.14. The molecule has 0 bridgehead atoms. The monoisotopic (exact) mass is 162 g/mol. The zero-order valence-corrected chi connectivity index (χ0v) is 6.87. The summed E-state index contributed by atoms with van der Waals surface area (Å²) in [4.78, 5) is 15.1. The zero-order chi connectivity index (χ0) is 8.55. The molecule has 1 aliphatic rings. The lowest BCUT2D eigenvalue weighted by molar-refractivity contribution is -0.121. The van der Waals surface area contributed by atoms with Crippen LogP contribution in [0.25, 0.3) is 0 Å². The summed E-state index contributed by atoms with van der Waals surface area (Å²) in [6, 6.07) is 2.01. The number of hydrogen-bond acceptors (Lipinski definition) is 2. The molecule has 12 heavy (non-hydrogen) atoms. The highest BCUT2D eigenvalue weighted by atomic mass is 16.1. The van der Waals surface area contributed by atoms with Crippen molar-refractivity contribution in [1.82, 2.24) is 10.3 Å². The van der Waals surface area contributed by atoms with Gasteiger partial charge in [0.05, 0.1) is 12.5 Å². The van der Waals surface area contributed by atoms with Crippen molar-refractivity contribution in [3.63, 3.8) is 0 Å². The number of amides is 1. The SMILES string of the molecule is CC1NC(=O)Cc2ccncc21. The van der Waals surface area contributed by atoms with Gasteiger partial charge in [-0.3, -0.25) is 9.78 Å². The van der Waals surface area contributed by atoms with Gasteiger partial charge in [-0.15, -0.1) is 0 Å².